The fraction of sp³-hybridized carbons (Fsp3) is 0.344. The van der Waals surface area contributed by atoms with Crippen molar-refractivity contribution in [2.45, 2.75) is 33.7 Å². The molecule has 8 heteroatoms. The first kappa shape index (κ1) is 28.7. The molecule has 0 aliphatic carbocycles. The van der Waals surface area contributed by atoms with Crippen LogP contribution in [0.15, 0.2) is 72.8 Å². The quantitative estimate of drug-likeness (QED) is 0.389. The van der Waals surface area contributed by atoms with Gasteiger partial charge in [-0.05, 0) is 54.3 Å². The van der Waals surface area contributed by atoms with E-state index >= 15 is 0 Å². The van der Waals surface area contributed by atoms with Gasteiger partial charge >= 0.3 is 6.03 Å². The van der Waals surface area contributed by atoms with Crippen LogP contribution in [0.5, 0.6) is 0 Å². The lowest BCUT2D eigenvalue weighted by Gasteiger charge is -2.37. The third-order valence-electron chi connectivity index (χ3n) is 6.89. The smallest absolute Gasteiger partial charge is 0.321 e. The van der Waals surface area contributed by atoms with Crippen molar-refractivity contribution < 1.29 is 14.4 Å². The summed E-state index contributed by atoms with van der Waals surface area (Å²) >= 11 is 0. The summed E-state index contributed by atoms with van der Waals surface area (Å²) in [4.78, 5) is 44.7. The minimum absolute atomic E-state index is 0.0768. The van der Waals surface area contributed by atoms with Gasteiger partial charge in [-0.3, -0.25) is 9.59 Å². The minimum atomic E-state index is -0.132. The molecule has 1 aliphatic heterocycles. The van der Waals surface area contributed by atoms with Gasteiger partial charge in [-0.2, -0.15) is 0 Å². The average Bonchev–Trinajstić information content (AvgIpc) is 2.93. The molecule has 0 atom stereocenters. The lowest BCUT2D eigenvalue weighted by atomic mass is 10.1. The molecule has 1 heterocycles. The Kier molecular flexibility index (Phi) is 9.43. The standard InChI is InChI=1S/C32H39N5O3/c1-23(2)19-30(38)33-27-13-14-29(28(21-27)31(39)35(4)22-25-10-6-5-7-11-25)36-15-17-37(18-16-36)32(40)34-26-12-8-9-24(3)20-26/h5-14,20-21,23H,15-19,22H2,1-4H3,(H,33,38)(H,34,40). The number of amides is 4. The Morgan fingerprint density at radius 2 is 1.55 bits per heavy atom. The zero-order valence-electron chi connectivity index (χ0n) is 23.8. The first-order valence-corrected chi connectivity index (χ1v) is 13.8. The number of nitrogens with zero attached hydrogens (tertiary/aromatic N) is 3. The predicted octanol–water partition coefficient (Wildman–Crippen LogP) is 5.61. The number of nitrogens with one attached hydrogen (secondary N) is 2. The summed E-state index contributed by atoms with van der Waals surface area (Å²) in [5, 5.41) is 5.93. The number of carbonyl (C=O) groups excluding carboxylic acids is 3. The second-order valence-electron chi connectivity index (χ2n) is 10.8. The average molecular weight is 542 g/mol. The molecule has 3 aromatic rings. The molecule has 210 valence electrons. The molecule has 40 heavy (non-hydrogen) atoms. The number of aryl methyl sites for hydroxylation is 1. The molecule has 0 aromatic heterocycles. The van der Waals surface area contributed by atoms with Gasteiger partial charge in [-0.25, -0.2) is 4.79 Å². The molecule has 4 amide bonds. The Morgan fingerprint density at radius 1 is 0.850 bits per heavy atom. The first-order valence-electron chi connectivity index (χ1n) is 13.8. The van der Waals surface area contributed by atoms with E-state index in [1.54, 1.807) is 22.9 Å². The number of piperazine rings is 1. The Bertz CT molecular complexity index is 1330. The van der Waals surface area contributed by atoms with Crippen molar-refractivity contribution in [3.63, 3.8) is 0 Å². The summed E-state index contributed by atoms with van der Waals surface area (Å²) in [6.45, 7) is 8.68. The van der Waals surface area contributed by atoms with Crippen LogP contribution in [0.3, 0.4) is 0 Å². The molecule has 0 bridgehead atoms. The van der Waals surface area contributed by atoms with Crippen LogP contribution >= 0.6 is 0 Å². The molecule has 0 spiro atoms. The number of hydrogen-bond acceptors (Lipinski definition) is 4. The summed E-state index contributed by atoms with van der Waals surface area (Å²) in [5.41, 5.74) is 4.82. The molecule has 8 nitrogen and oxygen atoms in total. The Morgan fingerprint density at radius 3 is 2.23 bits per heavy atom. The van der Waals surface area contributed by atoms with Crippen molar-refractivity contribution in [1.82, 2.24) is 9.80 Å². The molecule has 2 N–H and O–H groups in total. The Hall–Kier alpha value is -4.33. The lowest BCUT2D eigenvalue weighted by molar-refractivity contribution is -0.116. The highest BCUT2D eigenvalue weighted by Gasteiger charge is 2.26. The van der Waals surface area contributed by atoms with E-state index in [9.17, 15) is 14.4 Å². The maximum Gasteiger partial charge on any atom is 0.321 e. The van der Waals surface area contributed by atoms with Crippen LogP contribution in [0.2, 0.25) is 0 Å². The molecular formula is C32H39N5O3. The van der Waals surface area contributed by atoms with E-state index in [-0.39, 0.29) is 23.8 Å². The van der Waals surface area contributed by atoms with Gasteiger partial charge in [0.05, 0.1) is 5.56 Å². The summed E-state index contributed by atoms with van der Waals surface area (Å²) in [6, 6.07) is 23.0. The zero-order chi connectivity index (χ0) is 28.6. The number of hydrogen-bond donors (Lipinski definition) is 2. The molecular weight excluding hydrogens is 502 g/mol. The Balaban J connectivity index is 1.50. The second-order valence-corrected chi connectivity index (χ2v) is 10.8. The lowest BCUT2D eigenvalue weighted by Crippen LogP contribution is -2.50. The van der Waals surface area contributed by atoms with Crippen molar-refractivity contribution in [1.29, 1.82) is 0 Å². The van der Waals surface area contributed by atoms with E-state index in [4.69, 9.17) is 0 Å². The first-order chi connectivity index (χ1) is 19.2. The zero-order valence-corrected chi connectivity index (χ0v) is 23.8. The van der Waals surface area contributed by atoms with E-state index in [0.717, 1.165) is 22.5 Å². The van der Waals surface area contributed by atoms with Gasteiger partial charge in [0, 0.05) is 63.3 Å². The highest BCUT2D eigenvalue weighted by atomic mass is 16.2. The molecule has 0 radical (unpaired) electrons. The van der Waals surface area contributed by atoms with E-state index in [1.807, 2.05) is 87.5 Å². The number of benzene rings is 3. The van der Waals surface area contributed by atoms with Gasteiger partial charge in [0.2, 0.25) is 5.91 Å². The fourth-order valence-corrected chi connectivity index (χ4v) is 4.85. The van der Waals surface area contributed by atoms with Crippen LogP contribution in [0, 0.1) is 12.8 Å². The molecule has 1 saturated heterocycles. The van der Waals surface area contributed by atoms with Gasteiger partial charge in [-0.15, -0.1) is 0 Å². The minimum Gasteiger partial charge on any atom is -0.367 e. The van der Waals surface area contributed by atoms with Crippen molar-refractivity contribution in [2.24, 2.45) is 5.92 Å². The third-order valence-corrected chi connectivity index (χ3v) is 6.89. The number of anilines is 3. The molecule has 0 saturated carbocycles. The molecule has 3 aromatic carbocycles. The van der Waals surface area contributed by atoms with E-state index in [1.165, 1.54) is 0 Å². The number of carbonyl (C=O) groups is 3. The maximum absolute atomic E-state index is 13.7. The highest BCUT2D eigenvalue weighted by Crippen LogP contribution is 2.28. The van der Waals surface area contributed by atoms with Crippen LogP contribution in [0.4, 0.5) is 21.9 Å². The van der Waals surface area contributed by atoms with Gasteiger partial charge in [0.1, 0.15) is 0 Å². The van der Waals surface area contributed by atoms with Crippen LogP contribution in [-0.2, 0) is 11.3 Å². The summed E-state index contributed by atoms with van der Waals surface area (Å²) in [7, 11) is 1.79. The van der Waals surface area contributed by atoms with Crippen molar-refractivity contribution in [3.05, 3.63) is 89.5 Å². The van der Waals surface area contributed by atoms with E-state index in [2.05, 4.69) is 15.5 Å². The third kappa shape index (κ3) is 7.62. The van der Waals surface area contributed by atoms with Crippen molar-refractivity contribution >= 4 is 34.9 Å². The second kappa shape index (κ2) is 13.2. The fourth-order valence-electron chi connectivity index (χ4n) is 4.85. The van der Waals surface area contributed by atoms with Crippen LogP contribution in [0.25, 0.3) is 0 Å². The normalized spacial score (nSPS) is 13.2. The van der Waals surface area contributed by atoms with E-state index < -0.39 is 0 Å². The molecule has 1 aliphatic rings. The van der Waals surface area contributed by atoms with Gasteiger partial charge in [-0.1, -0.05) is 56.3 Å². The van der Waals surface area contributed by atoms with Crippen molar-refractivity contribution in [3.8, 4) is 0 Å². The largest absolute Gasteiger partial charge is 0.367 e. The van der Waals surface area contributed by atoms with Crippen LogP contribution in [-0.4, -0.2) is 60.9 Å². The summed E-state index contributed by atoms with van der Waals surface area (Å²) in [6.07, 6.45) is 0.408. The SMILES string of the molecule is Cc1cccc(NC(=O)N2CCN(c3ccc(NC(=O)CC(C)C)cc3C(=O)N(C)Cc3ccccc3)CC2)c1. The highest BCUT2D eigenvalue weighted by molar-refractivity contribution is 6.02. The van der Waals surface area contributed by atoms with Gasteiger partial charge in [0.15, 0.2) is 0 Å². The monoisotopic (exact) mass is 541 g/mol. The molecule has 1 fully saturated rings. The molecule has 4 rings (SSSR count). The predicted molar refractivity (Wildman–Crippen MR) is 161 cm³/mol. The van der Waals surface area contributed by atoms with E-state index in [0.29, 0.717) is 50.4 Å². The van der Waals surface area contributed by atoms with Crippen LogP contribution < -0.4 is 15.5 Å². The maximum atomic E-state index is 13.7. The van der Waals surface area contributed by atoms with Crippen LogP contribution in [0.1, 0.15) is 41.8 Å². The van der Waals surface area contributed by atoms with Gasteiger partial charge in [0.25, 0.3) is 5.91 Å². The Labute approximate surface area is 237 Å². The molecule has 0 unspecified atom stereocenters. The number of urea groups is 1. The summed E-state index contributed by atoms with van der Waals surface area (Å²) < 4.78 is 0. The topological polar surface area (TPSA) is 85.0 Å². The number of rotatable bonds is 8. The summed E-state index contributed by atoms with van der Waals surface area (Å²) in [5.74, 6) is 0.0299. The van der Waals surface area contributed by atoms with Gasteiger partial charge < -0.3 is 25.3 Å². The van der Waals surface area contributed by atoms with Crippen molar-refractivity contribution in [2.75, 3.05) is 48.8 Å².